The van der Waals surface area contributed by atoms with Crippen molar-refractivity contribution in [3.63, 3.8) is 0 Å². The number of hydrogen-bond donors (Lipinski definition) is 2. The number of nitrogens with one attached hydrogen (secondary N) is 2. The third-order valence-corrected chi connectivity index (χ3v) is 5.20. The summed E-state index contributed by atoms with van der Waals surface area (Å²) in [6.07, 6.45) is 3.60. The number of aromatic nitrogens is 2. The zero-order chi connectivity index (χ0) is 21.9. The summed E-state index contributed by atoms with van der Waals surface area (Å²) in [5, 5.41) is 6.76. The van der Waals surface area contributed by atoms with Gasteiger partial charge in [-0.2, -0.15) is 0 Å². The minimum absolute atomic E-state index is 0.00448. The van der Waals surface area contributed by atoms with Gasteiger partial charge in [-0.1, -0.05) is 18.2 Å². The normalized spacial score (nSPS) is 16.1. The van der Waals surface area contributed by atoms with Crippen LogP contribution < -0.4 is 20.3 Å². The third-order valence-electron chi connectivity index (χ3n) is 5.20. The van der Waals surface area contributed by atoms with Crippen molar-refractivity contribution in [3.8, 4) is 5.75 Å². The summed E-state index contributed by atoms with van der Waals surface area (Å²) in [5.41, 5.74) is 1.14. The van der Waals surface area contributed by atoms with E-state index in [1.165, 1.54) is 0 Å². The quantitative estimate of drug-likeness (QED) is 0.469. The van der Waals surface area contributed by atoms with Crippen LogP contribution in [0.2, 0.25) is 0 Å². The number of nitrogens with zero attached hydrogens (tertiary/aromatic N) is 5. The topological polar surface area (TPSA) is 77.9 Å². The summed E-state index contributed by atoms with van der Waals surface area (Å²) < 4.78 is 6.03. The molecule has 1 fully saturated rings. The molecule has 1 aliphatic rings. The van der Waals surface area contributed by atoms with Gasteiger partial charge in [0.1, 0.15) is 11.9 Å². The Morgan fingerprint density at radius 2 is 1.84 bits per heavy atom. The van der Waals surface area contributed by atoms with Crippen LogP contribution in [-0.4, -0.2) is 79.3 Å². The molecule has 31 heavy (non-hydrogen) atoms. The molecular formula is C23H35N7O. The second-order valence-electron chi connectivity index (χ2n) is 7.72. The monoisotopic (exact) mass is 425 g/mol. The Kier molecular flexibility index (Phi) is 8.90. The molecule has 0 amide bonds. The average Bonchev–Trinajstić information content (AvgIpc) is 2.80. The molecule has 0 radical (unpaired) electrons. The van der Waals surface area contributed by atoms with Crippen LogP contribution in [0.25, 0.3) is 0 Å². The zero-order valence-corrected chi connectivity index (χ0v) is 18.9. The first-order valence-electron chi connectivity index (χ1n) is 11.1. The number of guanidine groups is 1. The van der Waals surface area contributed by atoms with Gasteiger partial charge in [-0.15, -0.1) is 0 Å². The molecule has 2 heterocycles. The van der Waals surface area contributed by atoms with Gasteiger partial charge < -0.3 is 20.3 Å². The number of hydrogen-bond acceptors (Lipinski definition) is 6. The van der Waals surface area contributed by atoms with Crippen LogP contribution >= 0.6 is 0 Å². The lowest BCUT2D eigenvalue weighted by atomic mass is 10.2. The van der Waals surface area contributed by atoms with Gasteiger partial charge in [0, 0.05) is 58.2 Å². The van der Waals surface area contributed by atoms with E-state index in [1.807, 2.05) is 24.3 Å². The average molecular weight is 426 g/mol. The Balaban J connectivity index is 1.39. The number of piperazine rings is 1. The Morgan fingerprint density at radius 1 is 1.10 bits per heavy atom. The maximum absolute atomic E-state index is 6.03. The molecule has 1 atom stereocenters. The van der Waals surface area contributed by atoms with Crippen LogP contribution in [0.1, 0.15) is 19.4 Å². The summed E-state index contributed by atoms with van der Waals surface area (Å²) in [6.45, 7) is 13.4. The first-order valence-corrected chi connectivity index (χ1v) is 11.1. The molecule has 0 saturated carbocycles. The largest absolute Gasteiger partial charge is 0.489 e. The van der Waals surface area contributed by atoms with Crippen molar-refractivity contribution in [1.82, 2.24) is 25.5 Å². The number of para-hydroxylation sites is 1. The fourth-order valence-electron chi connectivity index (χ4n) is 3.46. The minimum Gasteiger partial charge on any atom is -0.489 e. The number of anilines is 1. The fraction of sp³-hybridized carbons (Fsp3) is 0.522. The number of ether oxygens (including phenoxy) is 1. The first kappa shape index (κ1) is 22.8. The lowest BCUT2D eigenvalue weighted by Gasteiger charge is -2.34. The number of rotatable bonds is 9. The summed E-state index contributed by atoms with van der Waals surface area (Å²) in [5.74, 6) is 2.58. The molecule has 3 rings (SSSR count). The molecule has 2 N–H and O–H groups in total. The van der Waals surface area contributed by atoms with Crippen LogP contribution in [0, 0.1) is 6.92 Å². The lowest BCUT2D eigenvalue weighted by molar-refractivity contribution is 0.228. The molecule has 1 aromatic carbocycles. The standard InChI is InChI=1S/C23H35N7O/c1-4-24-22(28-18-20(3)31-21-9-6-5-8-19(21)2)25-12-13-29-14-16-30(17-15-29)23-26-10-7-11-27-23/h5-11,20H,4,12-18H2,1-3H3,(H2,24,25,28). The minimum atomic E-state index is 0.00448. The van der Waals surface area contributed by atoms with Gasteiger partial charge in [0.05, 0.1) is 6.54 Å². The summed E-state index contributed by atoms with van der Waals surface area (Å²) in [7, 11) is 0. The molecule has 2 aromatic rings. The van der Waals surface area contributed by atoms with E-state index in [0.29, 0.717) is 6.54 Å². The highest BCUT2D eigenvalue weighted by atomic mass is 16.5. The van der Waals surface area contributed by atoms with Gasteiger partial charge in [0.15, 0.2) is 5.96 Å². The molecule has 8 heteroatoms. The maximum atomic E-state index is 6.03. The van der Waals surface area contributed by atoms with E-state index in [1.54, 1.807) is 12.4 Å². The highest BCUT2D eigenvalue weighted by Crippen LogP contribution is 2.17. The van der Waals surface area contributed by atoms with Gasteiger partial charge in [-0.3, -0.25) is 4.90 Å². The van der Waals surface area contributed by atoms with E-state index in [4.69, 9.17) is 9.73 Å². The fourth-order valence-corrected chi connectivity index (χ4v) is 3.46. The molecule has 1 saturated heterocycles. The smallest absolute Gasteiger partial charge is 0.225 e. The maximum Gasteiger partial charge on any atom is 0.225 e. The molecule has 8 nitrogen and oxygen atoms in total. The summed E-state index contributed by atoms with van der Waals surface area (Å²) >= 11 is 0. The van der Waals surface area contributed by atoms with Gasteiger partial charge in [-0.25, -0.2) is 15.0 Å². The predicted molar refractivity (Wildman–Crippen MR) is 126 cm³/mol. The van der Waals surface area contributed by atoms with Crippen LogP contribution in [0.15, 0.2) is 47.7 Å². The van der Waals surface area contributed by atoms with Crippen LogP contribution in [-0.2, 0) is 0 Å². The van der Waals surface area contributed by atoms with Gasteiger partial charge in [0.2, 0.25) is 5.95 Å². The summed E-state index contributed by atoms with van der Waals surface area (Å²) in [6, 6.07) is 9.93. The van der Waals surface area contributed by atoms with Crippen molar-refractivity contribution in [2.24, 2.45) is 4.99 Å². The zero-order valence-electron chi connectivity index (χ0n) is 18.9. The van der Waals surface area contributed by atoms with Crippen LogP contribution in [0.3, 0.4) is 0 Å². The van der Waals surface area contributed by atoms with E-state index in [-0.39, 0.29) is 6.10 Å². The van der Waals surface area contributed by atoms with Crippen molar-refractivity contribution >= 4 is 11.9 Å². The van der Waals surface area contributed by atoms with Crippen molar-refractivity contribution in [2.45, 2.75) is 26.9 Å². The van der Waals surface area contributed by atoms with Gasteiger partial charge in [-0.05, 0) is 38.5 Å². The second-order valence-corrected chi connectivity index (χ2v) is 7.72. The molecule has 168 valence electrons. The lowest BCUT2D eigenvalue weighted by Crippen LogP contribution is -2.49. The number of aliphatic imine (C=N–C) groups is 1. The highest BCUT2D eigenvalue weighted by Gasteiger charge is 2.18. The molecule has 1 aliphatic heterocycles. The second kappa shape index (κ2) is 12.1. The predicted octanol–water partition coefficient (Wildman–Crippen LogP) is 1.93. The molecule has 0 aliphatic carbocycles. The molecule has 0 spiro atoms. The van der Waals surface area contributed by atoms with Gasteiger partial charge in [0.25, 0.3) is 0 Å². The molecule has 1 aromatic heterocycles. The SMILES string of the molecule is CCNC(=NCC(C)Oc1ccccc1C)NCCN1CCN(c2ncccn2)CC1. The Morgan fingerprint density at radius 3 is 2.55 bits per heavy atom. The van der Waals surface area contributed by atoms with Crippen molar-refractivity contribution in [3.05, 3.63) is 48.3 Å². The third kappa shape index (κ3) is 7.40. The van der Waals surface area contributed by atoms with Crippen molar-refractivity contribution in [1.29, 1.82) is 0 Å². The van der Waals surface area contributed by atoms with Crippen LogP contribution in [0.5, 0.6) is 5.75 Å². The van der Waals surface area contributed by atoms with E-state index in [0.717, 1.165) is 69.0 Å². The molecular weight excluding hydrogens is 390 g/mol. The van der Waals surface area contributed by atoms with Gasteiger partial charge >= 0.3 is 0 Å². The Bertz CT molecular complexity index is 807. The number of aryl methyl sites for hydroxylation is 1. The number of benzene rings is 1. The van der Waals surface area contributed by atoms with E-state index in [9.17, 15) is 0 Å². The van der Waals surface area contributed by atoms with E-state index < -0.39 is 0 Å². The molecule has 0 bridgehead atoms. The highest BCUT2D eigenvalue weighted by molar-refractivity contribution is 5.79. The Labute approximate surface area is 185 Å². The summed E-state index contributed by atoms with van der Waals surface area (Å²) in [4.78, 5) is 18.1. The first-order chi connectivity index (χ1) is 15.2. The van der Waals surface area contributed by atoms with Crippen molar-refractivity contribution < 1.29 is 4.74 Å². The molecule has 1 unspecified atom stereocenters. The van der Waals surface area contributed by atoms with E-state index in [2.05, 4.69) is 57.2 Å². The van der Waals surface area contributed by atoms with Crippen molar-refractivity contribution in [2.75, 3.05) is 57.3 Å². The van der Waals surface area contributed by atoms with E-state index >= 15 is 0 Å². The Hall–Kier alpha value is -2.87. The van der Waals surface area contributed by atoms with Crippen LogP contribution in [0.4, 0.5) is 5.95 Å².